The Bertz CT molecular complexity index is 1420. The number of amides is 1. The van der Waals surface area contributed by atoms with Crippen molar-refractivity contribution in [3.8, 4) is 11.8 Å². The van der Waals surface area contributed by atoms with Crippen LogP contribution in [0.2, 0.25) is 0 Å². The molecule has 0 bridgehead atoms. The van der Waals surface area contributed by atoms with Crippen molar-refractivity contribution in [2.45, 2.75) is 44.4 Å². The van der Waals surface area contributed by atoms with Gasteiger partial charge in [-0.1, -0.05) is 36.4 Å². The fraction of sp³-hybridized carbons (Fsp3) is 0.300. The van der Waals surface area contributed by atoms with Gasteiger partial charge in [-0.3, -0.25) is 9.59 Å². The first-order chi connectivity index (χ1) is 19.1. The molecule has 0 spiro atoms. The van der Waals surface area contributed by atoms with Crippen molar-refractivity contribution < 1.29 is 32.3 Å². The maximum Gasteiger partial charge on any atom is 0.416 e. The molecule has 0 unspecified atom stereocenters. The normalized spacial score (nSPS) is 15.1. The van der Waals surface area contributed by atoms with Gasteiger partial charge in [0, 0.05) is 55.8 Å². The van der Waals surface area contributed by atoms with Crippen LogP contribution in [0.5, 0.6) is 5.75 Å². The second-order valence-electron chi connectivity index (χ2n) is 9.67. The van der Waals surface area contributed by atoms with Crippen molar-refractivity contribution >= 4 is 17.4 Å². The van der Waals surface area contributed by atoms with Crippen molar-refractivity contribution in [2.24, 2.45) is 0 Å². The molecule has 1 fully saturated rings. The van der Waals surface area contributed by atoms with E-state index in [2.05, 4.69) is 0 Å². The third-order valence-electron chi connectivity index (χ3n) is 7.00. The Morgan fingerprint density at radius 2 is 1.80 bits per heavy atom. The number of aromatic hydroxyl groups is 1. The number of ketones is 1. The first-order valence-electron chi connectivity index (χ1n) is 12.8. The van der Waals surface area contributed by atoms with Crippen LogP contribution in [0.4, 0.5) is 23.2 Å². The SMILES string of the molecule is N#Cc1ccc(N(Cc2ccc(F)cc2C(F)(F)F)[C@H]2CCN(C(=O)CCCC(=O)c3ccccc3)C2)cc1O. The van der Waals surface area contributed by atoms with Gasteiger partial charge in [0.05, 0.1) is 11.1 Å². The van der Waals surface area contributed by atoms with Crippen LogP contribution in [-0.4, -0.2) is 40.8 Å². The first kappa shape index (κ1) is 28.6. The van der Waals surface area contributed by atoms with Crippen molar-refractivity contribution in [1.82, 2.24) is 4.90 Å². The van der Waals surface area contributed by atoms with Gasteiger partial charge in [0.2, 0.25) is 5.91 Å². The van der Waals surface area contributed by atoms with Crippen LogP contribution < -0.4 is 4.90 Å². The number of benzene rings is 3. The van der Waals surface area contributed by atoms with Gasteiger partial charge in [-0.15, -0.1) is 0 Å². The van der Waals surface area contributed by atoms with E-state index in [1.807, 2.05) is 12.1 Å². The van der Waals surface area contributed by atoms with Gasteiger partial charge in [0.1, 0.15) is 17.6 Å². The molecule has 1 saturated heterocycles. The maximum atomic E-state index is 13.7. The quantitative estimate of drug-likeness (QED) is 0.256. The maximum absolute atomic E-state index is 13.7. The van der Waals surface area contributed by atoms with E-state index in [0.29, 0.717) is 36.7 Å². The minimum absolute atomic E-state index is 0.00902. The number of rotatable bonds is 9. The molecule has 1 heterocycles. The van der Waals surface area contributed by atoms with E-state index < -0.39 is 23.6 Å². The molecule has 0 saturated carbocycles. The average Bonchev–Trinajstić information content (AvgIpc) is 3.42. The van der Waals surface area contributed by atoms with Crippen molar-refractivity contribution in [2.75, 3.05) is 18.0 Å². The van der Waals surface area contributed by atoms with Gasteiger partial charge >= 0.3 is 6.18 Å². The van der Waals surface area contributed by atoms with E-state index in [1.165, 1.54) is 18.2 Å². The number of nitrogens with zero attached hydrogens (tertiary/aromatic N) is 3. The summed E-state index contributed by atoms with van der Waals surface area (Å²) in [6.45, 7) is 0.317. The molecular formula is C30H27F4N3O3. The lowest BCUT2D eigenvalue weighted by molar-refractivity contribution is -0.138. The second-order valence-corrected chi connectivity index (χ2v) is 9.67. The fourth-order valence-corrected chi connectivity index (χ4v) is 4.91. The number of carbonyl (C=O) groups excluding carboxylic acids is 2. The lowest BCUT2D eigenvalue weighted by Crippen LogP contribution is -2.39. The lowest BCUT2D eigenvalue weighted by atomic mass is 10.0. The number of hydrogen-bond acceptors (Lipinski definition) is 5. The smallest absolute Gasteiger partial charge is 0.416 e. The van der Waals surface area contributed by atoms with Gasteiger partial charge < -0.3 is 14.9 Å². The summed E-state index contributed by atoms with van der Waals surface area (Å²) in [6, 6.07) is 16.9. The minimum atomic E-state index is -4.79. The standard InChI is InChI=1S/C30H27F4N3O3/c31-23-11-9-22(26(15-23)30(32,33)34)18-37(24-12-10-21(17-35)28(39)16-24)25-13-14-36(19-25)29(40)8-4-7-27(38)20-5-2-1-3-6-20/h1-3,5-6,9-12,15-16,25,39H,4,7-8,13-14,18-19H2/t25-/m0/s1. The van der Waals surface area contributed by atoms with Crippen LogP contribution >= 0.6 is 0 Å². The number of Topliss-reactive ketones (excluding diaryl/α,β-unsaturated/α-hetero) is 1. The molecule has 1 atom stereocenters. The predicted octanol–water partition coefficient (Wildman–Crippen LogP) is 6.08. The number of alkyl halides is 3. The molecule has 208 valence electrons. The molecule has 0 radical (unpaired) electrons. The van der Waals surface area contributed by atoms with E-state index in [-0.39, 0.29) is 54.5 Å². The van der Waals surface area contributed by atoms with Gasteiger partial charge in [0.25, 0.3) is 0 Å². The highest BCUT2D eigenvalue weighted by Gasteiger charge is 2.36. The van der Waals surface area contributed by atoms with Crippen LogP contribution in [-0.2, 0) is 17.5 Å². The lowest BCUT2D eigenvalue weighted by Gasteiger charge is -2.32. The predicted molar refractivity (Wildman–Crippen MR) is 140 cm³/mol. The molecule has 3 aromatic rings. The van der Waals surface area contributed by atoms with E-state index in [1.54, 1.807) is 34.1 Å². The fourth-order valence-electron chi connectivity index (χ4n) is 4.91. The zero-order chi connectivity index (χ0) is 28.9. The Hall–Kier alpha value is -4.39. The van der Waals surface area contributed by atoms with Gasteiger partial charge in [0.15, 0.2) is 5.78 Å². The summed E-state index contributed by atoms with van der Waals surface area (Å²) >= 11 is 0. The molecule has 1 aliphatic rings. The summed E-state index contributed by atoms with van der Waals surface area (Å²) in [4.78, 5) is 28.5. The number of nitriles is 1. The Balaban J connectivity index is 1.50. The van der Waals surface area contributed by atoms with Gasteiger partial charge in [-0.05, 0) is 42.7 Å². The minimum Gasteiger partial charge on any atom is -0.506 e. The molecule has 0 aliphatic carbocycles. The van der Waals surface area contributed by atoms with Crippen molar-refractivity contribution in [3.05, 3.63) is 94.8 Å². The molecule has 1 aliphatic heterocycles. The van der Waals surface area contributed by atoms with Crippen LogP contribution in [0.1, 0.15) is 52.7 Å². The largest absolute Gasteiger partial charge is 0.506 e. The molecule has 4 rings (SSSR count). The Kier molecular flexibility index (Phi) is 8.73. The molecule has 10 heteroatoms. The molecule has 6 nitrogen and oxygen atoms in total. The summed E-state index contributed by atoms with van der Waals surface area (Å²) in [6.07, 6.45) is -3.61. The molecule has 1 N–H and O–H groups in total. The number of phenols is 1. The van der Waals surface area contributed by atoms with Crippen molar-refractivity contribution in [1.29, 1.82) is 5.26 Å². The van der Waals surface area contributed by atoms with Crippen LogP contribution in [0.15, 0.2) is 66.7 Å². The summed E-state index contributed by atoms with van der Waals surface area (Å²) in [5, 5.41) is 19.4. The molecule has 0 aromatic heterocycles. The van der Waals surface area contributed by atoms with Crippen LogP contribution in [0, 0.1) is 17.1 Å². The highest BCUT2D eigenvalue weighted by molar-refractivity contribution is 5.96. The highest BCUT2D eigenvalue weighted by atomic mass is 19.4. The Morgan fingerprint density at radius 3 is 2.48 bits per heavy atom. The highest BCUT2D eigenvalue weighted by Crippen LogP contribution is 2.36. The number of anilines is 1. The number of hydrogen-bond donors (Lipinski definition) is 1. The third kappa shape index (κ3) is 6.78. The Labute approximate surface area is 229 Å². The number of halogens is 4. The average molecular weight is 554 g/mol. The number of carbonyl (C=O) groups is 2. The van der Waals surface area contributed by atoms with Crippen LogP contribution in [0.25, 0.3) is 0 Å². The van der Waals surface area contributed by atoms with E-state index in [0.717, 1.165) is 12.1 Å². The Morgan fingerprint density at radius 1 is 1.05 bits per heavy atom. The van der Waals surface area contributed by atoms with Gasteiger partial charge in [-0.25, -0.2) is 4.39 Å². The summed E-state index contributed by atoms with van der Waals surface area (Å²) in [5.74, 6) is -1.56. The zero-order valence-electron chi connectivity index (χ0n) is 21.5. The molecular weight excluding hydrogens is 526 g/mol. The summed E-state index contributed by atoms with van der Waals surface area (Å²) in [5.41, 5.74) is -0.320. The third-order valence-corrected chi connectivity index (χ3v) is 7.00. The summed E-state index contributed by atoms with van der Waals surface area (Å²) in [7, 11) is 0. The van der Waals surface area contributed by atoms with E-state index >= 15 is 0 Å². The second kappa shape index (κ2) is 12.2. The summed E-state index contributed by atoms with van der Waals surface area (Å²) < 4.78 is 54.9. The van der Waals surface area contributed by atoms with Crippen LogP contribution in [0.3, 0.4) is 0 Å². The topological polar surface area (TPSA) is 84.6 Å². The van der Waals surface area contributed by atoms with Crippen molar-refractivity contribution in [3.63, 3.8) is 0 Å². The zero-order valence-corrected chi connectivity index (χ0v) is 21.5. The molecule has 40 heavy (non-hydrogen) atoms. The first-order valence-corrected chi connectivity index (χ1v) is 12.8. The van der Waals surface area contributed by atoms with E-state index in [9.17, 15) is 32.3 Å². The number of likely N-dealkylation sites (tertiary alicyclic amines) is 1. The van der Waals surface area contributed by atoms with Gasteiger partial charge in [-0.2, -0.15) is 18.4 Å². The number of phenolic OH excluding ortho intramolecular Hbond substituents is 1. The molecule has 1 amide bonds. The monoisotopic (exact) mass is 553 g/mol. The van der Waals surface area contributed by atoms with E-state index in [4.69, 9.17) is 5.26 Å². The molecule has 3 aromatic carbocycles.